The van der Waals surface area contributed by atoms with E-state index in [0.29, 0.717) is 22.4 Å². The summed E-state index contributed by atoms with van der Waals surface area (Å²) in [5, 5.41) is 0. The molecule has 0 amide bonds. The van der Waals surface area contributed by atoms with Crippen LogP contribution < -0.4 is 4.74 Å². The van der Waals surface area contributed by atoms with Gasteiger partial charge in [-0.1, -0.05) is 18.2 Å². The van der Waals surface area contributed by atoms with Crippen molar-refractivity contribution in [1.82, 2.24) is 9.55 Å². The lowest BCUT2D eigenvalue weighted by Gasteiger charge is -2.10. The minimum Gasteiger partial charge on any atom is -0.496 e. The van der Waals surface area contributed by atoms with Crippen molar-refractivity contribution in [2.75, 3.05) is 7.11 Å². The number of H-pyrrole nitrogens is 1. The molecular formula is C16H15FN2OS. The van der Waals surface area contributed by atoms with Crippen molar-refractivity contribution in [3.63, 3.8) is 0 Å². The van der Waals surface area contributed by atoms with Crippen LogP contribution in [-0.4, -0.2) is 16.7 Å². The molecule has 0 aliphatic carbocycles. The molecule has 2 aromatic carbocycles. The molecule has 3 nitrogen and oxygen atoms in total. The largest absolute Gasteiger partial charge is 0.496 e. The number of methoxy groups -OCH3 is 1. The molecule has 3 rings (SSSR count). The number of nitrogens with one attached hydrogen (secondary N) is 1. The number of para-hydroxylation sites is 1. The first-order chi connectivity index (χ1) is 10.1. The summed E-state index contributed by atoms with van der Waals surface area (Å²) in [6.45, 7) is 2.33. The Labute approximate surface area is 127 Å². The smallest absolute Gasteiger partial charge is 0.178 e. The molecule has 0 unspecified atom stereocenters. The highest BCUT2D eigenvalue weighted by Gasteiger charge is 2.10. The number of rotatable bonds is 3. The van der Waals surface area contributed by atoms with E-state index in [2.05, 4.69) is 4.98 Å². The fraction of sp³-hybridized carbons (Fsp3) is 0.188. The molecule has 0 atom stereocenters. The van der Waals surface area contributed by atoms with Gasteiger partial charge in [0, 0.05) is 5.56 Å². The van der Waals surface area contributed by atoms with Gasteiger partial charge in [0.1, 0.15) is 11.6 Å². The fourth-order valence-electron chi connectivity index (χ4n) is 2.44. The minimum atomic E-state index is -0.233. The summed E-state index contributed by atoms with van der Waals surface area (Å²) in [6, 6.07) is 11.1. The van der Waals surface area contributed by atoms with Gasteiger partial charge in [-0.2, -0.15) is 0 Å². The molecule has 108 valence electrons. The molecule has 0 saturated carbocycles. The van der Waals surface area contributed by atoms with Crippen molar-refractivity contribution in [2.24, 2.45) is 0 Å². The predicted octanol–water partition coefficient (Wildman–Crippen LogP) is 4.20. The lowest BCUT2D eigenvalue weighted by Crippen LogP contribution is -2.02. The molecule has 0 saturated heterocycles. The van der Waals surface area contributed by atoms with E-state index < -0.39 is 0 Å². The van der Waals surface area contributed by atoms with Crippen molar-refractivity contribution in [3.05, 3.63) is 58.1 Å². The van der Waals surface area contributed by atoms with E-state index in [9.17, 15) is 4.39 Å². The van der Waals surface area contributed by atoms with Gasteiger partial charge >= 0.3 is 0 Å². The highest BCUT2D eigenvalue weighted by atomic mass is 32.1. The monoisotopic (exact) mass is 302 g/mol. The zero-order valence-corrected chi connectivity index (χ0v) is 12.6. The first kappa shape index (κ1) is 13.8. The summed E-state index contributed by atoms with van der Waals surface area (Å²) in [4.78, 5) is 3.05. The highest BCUT2D eigenvalue weighted by Crippen LogP contribution is 2.23. The molecule has 0 fully saturated rings. The molecule has 5 heteroatoms. The number of ether oxygens (including phenoxy) is 1. The lowest BCUT2D eigenvalue weighted by atomic mass is 10.2. The number of nitrogens with zero attached hydrogens (tertiary/aromatic N) is 1. The third-order valence-electron chi connectivity index (χ3n) is 3.58. The van der Waals surface area contributed by atoms with Gasteiger partial charge in [0.25, 0.3) is 0 Å². The zero-order valence-electron chi connectivity index (χ0n) is 11.8. The van der Waals surface area contributed by atoms with Crippen LogP contribution in [0.25, 0.3) is 11.0 Å². The number of imidazole rings is 1. The van der Waals surface area contributed by atoms with Gasteiger partial charge in [-0.15, -0.1) is 0 Å². The average Bonchev–Trinajstić information content (AvgIpc) is 2.76. The maximum Gasteiger partial charge on any atom is 0.178 e. The van der Waals surface area contributed by atoms with Crippen LogP contribution in [0.3, 0.4) is 0 Å². The van der Waals surface area contributed by atoms with Crippen molar-refractivity contribution in [1.29, 1.82) is 0 Å². The second kappa shape index (κ2) is 5.33. The molecule has 21 heavy (non-hydrogen) atoms. The summed E-state index contributed by atoms with van der Waals surface area (Å²) < 4.78 is 21.5. The quantitative estimate of drug-likeness (QED) is 0.735. The molecule has 0 bridgehead atoms. The summed E-state index contributed by atoms with van der Waals surface area (Å²) in [5.74, 6) is 0.579. The van der Waals surface area contributed by atoms with Gasteiger partial charge in [-0.05, 0) is 42.9 Å². The second-order valence-electron chi connectivity index (χ2n) is 4.95. The van der Waals surface area contributed by atoms with Crippen LogP contribution in [0, 0.1) is 17.5 Å². The van der Waals surface area contributed by atoms with Crippen molar-refractivity contribution in [2.45, 2.75) is 13.5 Å². The standard InChI is InChI=1S/C16H15FN2OS/c1-10-7-14-13(8-12(10)17)18-16(21)19(14)9-11-5-3-4-6-15(11)20-2/h3-8H,9H2,1-2H3,(H,18,21). The lowest BCUT2D eigenvalue weighted by molar-refractivity contribution is 0.408. The second-order valence-corrected chi connectivity index (χ2v) is 5.33. The Balaban J connectivity index is 2.14. The molecule has 1 aromatic heterocycles. The molecule has 0 aliphatic heterocycles. The summed E-state index contributed by atoms with van der Waals surface area (Å²) in [6.07, 6.45) is 0. The van der Waals surface area contributed by atoms with Crippen molar-refractivity contribution >= 4 is 23.3 Å². The number of benzene rings is 2. The van der Waals surface area contributed by atoms with Crippen LogP contribution in [-0.2, 0) is 6.54 Å². The summed E-state index contributed by atoms with van der Waals surface area (Å²) >= 11 is 5.36. The third-order valence-corrected chi connectivity index (χ3v) is 3.90. The van der Waals surface area contributed by atoms with Crippen LogP contribution in [0.5, 0.6) is 5.75 Å². The summed E-state index contributed by atoms with van der Waals surface area (Å²) in [5.41, 5.74) is 3.23. The van der Waals surface area contributed by atoms with E-state index in [1.54, 1.807) is 14.0 Å². The predicted molar refractivity (Wildman–Crippen MR) is 83.9 cm³/mol. The maximum atomic E-state index is 13.7. The molecular weight excluding hydrogens is 287 g/mol. The topological polar surface area (TPSA) is 29.9 Å². The molecule has 1 N–H and O–H groups in total. The number of hydrogen-bond acceptors (Lipinski definition) is 2. The minimum absolute atomic E-state index is 0.233. The number of aryl methyl sites for hydroxylation is 1. The van der Waals surface area contributed by atoms with Crippen LogP contribution in [0.1, 0.15) is 11.1 Å². The van der Waals surface area contributed by atoms with Crippen molar-refractivity contribution < 1.29 is 9.13 Å². The number of hydrogen-bond donors (Lipinski definition) is 1. The first-order valence-corrected chi connectivity index (χ1v) is 7.01. The van der Waals surface area contributed by atoms with Crippen LogP contribution >= 0.6 is 12.2 Å². The Bertz CT molecular complexity index is 866. The van der Waals surface area contributed by atoms with Crippen LogP contribution in [0.2, 0.25) is 0 Å². The number of aromatic amines is 1. The Hall–Kier alpha value is -2.14. The molecule has 0 aliphatic rings. The number of halogens is 1. The van der Waals surface area contributed by atoms with Gasteiger partial charge in [0.15, 0.2) is 4.77 Å². The third kappa shape index (κ3) is 2.45. The van der Waals surface area contributed by atoms with Gasteiger partial charge < -0.3 is 14.3 Å². The van der Waals surface area contributed by atoms with E-state index in [4.69, 9.17) is 17.0 Å². The van der Waals surface area contributed by atoms with Gasteiger partial charge in [-0.25, -0.2) is 4.39 Å². The van der Waals surface area contributed by atoms with Crippen molar-refractivity contribution in [3.8, 4) is 5.75 Å². The average molecular weight is 302 g/mol. The van der Waals surface area contributed by atoms with E-state index in [1.807, 2.05) is 34.9 Å². The molecule has 0 spiro atoms. The molecule has 1 heterocycles. The van der Waals surface area contributed by atoms with Gasteiger partial charge in [0.2, 0.25) is 0 Å². The van der Waals surface area contributed by atoms with E-state index in [0.717, 1.165) is 16.8 Å². The Kier molecular flexibility index (Phi) is 3.51. The Morgan fingerprint density at radius 3 is 2.81 bits per heavy atom. The zero-order chi connectivity index (χ0) is 15.0. The van der Waals surface area contributed by atoms with Gasteiger partial charge in [0.05, 0.1) is 24.7 Å². The summed E-state index contributed by atoms with van der Waals surface area (Å²) in [7, 11) is 1.65. The van der Waals surface area contributed by atoms with E-state index in [-0.39, 0.29) is 5.82 Å². The Morgan fingerprint density at radius 2 is 2.05 bits per heavy atom. The maximum absolute atomic E-state index is 13.7. The first-order valence-electron chi connectivity index (χ1n) is 6.60. The number of fused-ring (bicyclic) bond motifs is 1. The van der Waals surface area contributed by atoms with Crippen LogP contribution in [0.15, 0.2) is 36.4 Å². The molecule has 3 aromatic rings. The van der Waals surface area contributed by atoms with Crippen LogP contribution in [0.4, 0.5) is 4.39 Å². The van der Waals surface area contributed by atoms with E-state index >= 15 is 0 Å². The highest BCUT2D eigenvalue weighted by molar-refractivity contribution is 7.71. The van der Waals surface area contributed by atoms with Gasteiger partial charge in [-0.3, -0.25) is 0 Å². The number of aromatic nitrogens is 2. The SMILES string of the molecule is COc1ccccc1Cn1c(=S)[nH]c2cc(F)c(C)cc21. The normalized spacial score (nSPS) is 11.0. The fourth-order valence-corrected chi connectivity index (χ4v) is 2.72. The van der Waals surface area contributed by atoms with E-state index in [1.165, 1.54) is 6.07 Å². The Morgan fingerprint density at radius 1 is 1.29 bits per heavy atom. The molecule has 0 radical (unpaired) electrons.